The van der Waals surface area contributed by atoms with Crippen LogP contribution in [0.5, 0.6) is 0 Å². The highest BCUT2D eigenvalue weighted by atomic mass is 16.5. The van der Waals surface area contributed by atoms with Gasteiger partial charge in [-0.05, 0) is 39.2 Å². The van der Waals surface area contributed by atoms with Crippen molar-refractivity contribution in [3.8, 4) is 0 Å². The van der Waals surface area contributed by atoms with Crippen molar-refractivity contribution in [3.05, 3.63) is 0 Å². The lowest BCUT2D eigenvalue weighted by atomic mass is 10.1. The van der Waals surface area contributed by atoms with Crippen molar-refractivity contribution in [2.45, 2.75) is 32.3 Å². The summed E-state index contributed by atoms with van der Waals surface area (Å²) in [5.41, 5.74) is 0.0503. The van der Waals surface area contributed by atoms with Crippen LogP contribution in [0, 0.1) is 5.92 Å². The maximum Gasteiger partial charge on any atom is 0.0753 e. The van der Waals surface area contributed by atoms with Crippen molar-refractivity contribution in [1.82, 2.24) is 10.2 Å². The first-order valence-corrected chi connectivity index (χ1v) is 6.23. The quantitative estimate of drug-likeness (QED) is 0.691. The van der Waals surface area contributed by atoms with E-state index in [1.165, 1.54) is 25.9 Å². The van der Waals surface area contributed by atoms with Gasteiger partial charge in [-0.1, -0.05) is 0 Å². The molecule has 0 aromatic carbocycles. The minimum Gasteiger partial charge on any atom is -0.373 e. The summed E-state index contributed by atoms with van der Waals surface area (Å²) in [6.07, 6.45) is 2.88. The average Bonchev–Trinajstić information content (AvgIpc) is 2.94. The molecule has 1 saturated heterocycles. The second-order valence-electron chi connectivity index (χ2n) is 5.53. The van der Waals surface area contributed by atoms with Gasteiger partial charge >= 0.3 is 0 Å². The van der Waals surface area contributed by atoms with Crippen LogP contribution in [0.3, 0.4) is 0 Å². The molecule has 1 aliphatic carbocycles. The first-order valence-electron chi connectivity index (χ1n) is 6.23. The molecule has 1 N–H and O–H groups in total. The van der Waals surface area contributed by atoms with E-state index in [2.05, 4.69) is 24.1 Å². The zero-order valence-electron chi connectivity index (χ0n) is 10.1. The normalized spacial score (nSPS) is 26.8. The van der Waals surface area contributed by atoms with E-state index in [4.69, 9.17) is 4.74 Å². The number of ether oxygens (including phenoxy) is 1. The third-order valence-corrected chi connectivity index (χ3v) is 3.24. The van der Waals surface area contributed by atoms with E-state index in [-0.39, 0.29) is 5.60 Å². The second kappa shape index (κ2) is 4.81. The molecule has 3 heteroatoms. The molecule has 1 aliphatic heterocycles. The van der Waals surface area contributed by atoms with Gasteiger partial charge in [-0.2, -0.15) is 0 Å². The van der Waals surface area contributed by atoms with Gasteiger partial charge in [-0.15, -0.1) is 0 Å². The largest absolute Gasteiger partial charge is 0.373 e. The maximum atomic E-state index is 5.69. The van der Waals surface area contributed by atoms with Crippen molar-refractivity contribution < 1.29 is 4.74 Å². The van der Waals surface area contributed by atoms with Gasteiger partial charge in [-0.25, -0.2) is 0 Å². The fourth-order valence-electron chi connectivity index (χ4n) is 2.17. The summed E-state index contributed by atoms with van der Waals surface area (Å²) in [5.74, 6) is 0.992. The Morgan fingerprint density at radius 2 is 2.20 bits per heavy atom. The van der Waals surface area contributed by atoms with Gasteiger partial charge in [-0.3, -0.25) is 4.90 Å². The van der Waals surface area contributed by atoms with E-state index in [1.54, 1.807) is 0 Å². The van der Waals surface area contributed by atoms with Crippen LogP contribution in [0.15, 0.2) is 0 Å². The molecular weight excluding hydrogens is 188 g/mol. The Morgan fingerprint density at radius 1 is 1.40 bits per heavy atom. The van der Waals surface area contributed by atoms with Gasteiger partial charge in [0.25, 0.3) is 0 Å². The van der Waals surface area contributed by atoms with E-state index in [1.807, 2.05) is 0 Å². The maximum absolute atomic E-state index is 5.69. The molecule has 1 saturated carbocycles. The monoisotopic (exact) mass is 212 g/mol. The molecule has 15 heavy (non-hydrogen) atoms. The highest BCUT2D eigenvalue weighted by Crippen LogP contribution is 2.27. The van der Waals surface area contributed by atoms with Crippen LogP contribution in [0.4, 0.5) is 0 Å². The number of morpholine rings is 1. The van der Waals surface area contributed by atoms with E-state index in [0.29, 0.717) is 0 Å². The molecular formula is C12H24N2O. The summed E-state index contributed by atoms with van der Waals surface area (Å²) >= 11 is 0. The van der Waals surface area contributed by atoms with Crippen LogP contribution in [-0.2, 0) is 4.74 Å². The van der Waals surface area contributed by atoms with Crippen molar-refractivity contribution in [3.63, 3.8) is 0 Å². The average molecular weight is 212 g/mol. The number of rotatable bonds is 5. The third kappa shape index (κ3) is 4.09. The van der Waals surface area contributed by atoms with Gasteiger partial charge in [0, 0.05) is 26.2 Å². The molecule has 0 unspecified atom stereocenters. The van der Waals surface area contributed by atoms with Crippen molar-refractivity contribution in [2.75, 3.05) is 39.3 Å². The lowest BCUT2D eigenvalue weighted by Gasteiger charge is -2.38. The predicted octanol–water partition coefficient (Wildman–Crippen LogP) is 1.10. The molecule has 0 bridgehead atoms. The van der Waals surface area contributed by atoms with E-state index >= 15 is 0 Å². The Labute approximate surface area is 93.2 Å². The summed E-state index contributed by atoms with van der Waals surface area (Å²) in [6, 6.07) is 0. The Balaban J connectivity index is 1.57. The first-order chi connectivity index (χ1) is 7.16. The highest BCUT2D eigenvalue weighted by molar-refractivity contribution is 4.80. The molecule has 2 aliphatic rings. The lowest BCUT2D eigenvalue weighted by molar-refractivity contribution is -0.0854. The Hall–Kier alpha value is -0.120. The van der Waals surface area contributed by atoms with Gasteiger partial charge in [0.2, 0.25) is 0 Å². The first kappa shape index (κ1) is 11.4. The molecule has 0 aromatic heterocycles. The molecule has 2 rings (SSSR count). The summed E-state index contributed by atoms with van der Waals surface area (Å²) in [4.78, 5) is 2.50. The minimum absolute atomic E-state index is 0.0503. The SMILES string of the molecule is CC1(C)CN(CCNCC2CC2)CCO1. The molecule has 88 valence electrons. The van der Waals surface area contributed by atoms with E-state index < -0.39 is 0 Å². The summed E-state index contributed by atoms with van der Waals surface area (Å²) < 4.78 is 5.69. The third-order valence-electron chi connectivity index (χ3n) is 3.24. The number of nitrogens with zero attached hydrogens (tertiary/aromatic N) is 1. The fourth-order valence-corrected chi connectivity index (χ4v) is 2.17. The standard InChI is InChI=1S/C12H24N2O/c1-12(2)10-14(7-8-15-12)6-5-13-9-11-3-4-11/h11,13H,3-10H2,1-2H3. The van der Waals surface area contributed by atoms with E-state index in [0.717, 1.165) is 32.2 Å². The van der Waals surface area contributed by atoms with Gasteiger partial charge < -0.3 is 10.1 Å². The molecule has 2 fully saturated rings. The topological polar surface area (TPSA) is 24.5 Å². The van der Waals surface area contributed by atoms with Gasteiger partial charge in [0.05, 0.1) is 12.2 Å². The van der Waals surface area contributed by atoms with Crippen molar-refractivity contribution in [1.29, 1.82) is 0 Å². The number of hydrogen-bond donors (Lipinski definition) is 1. The Kier molecular flexibility index (Phi) is 3.65. The molecule has 0 aromatic rings. The number of hydrogen-bond acceptors (Lipinski definition) is 3. The van der Waals surface area contributed by atoms with Gasteiger partial charge in [0.15, 0.2) is 0 Å². The van der Waals surface area contributed by atoms with Crippen LogP contribution in [0.1, 0.15) is 26.7 Å². The van der Waals surface area contributed by atoms with Crippen LogP contribution in [-0.4, -0.2) is 49.8 Å². The van der Waals surface area contributed by atoms with Crippen LogP contribution < -0.4 is 5.32 Å². The molecule has 1 heterocycles. The minimum atomic E-state index is 0.0503. The Morgan fingerprint density at radius 3 is 2.87 bits per heavy atom. The smallest absolute Gasteiger partial charge is 0.0753 e. The zero-order valence-corrected chi connectivity index (χ0v) is 10.1. The lowest BCUT2D eigenvalue weighted by Crippen LogP contribution is -2.49. The number of nitrogens with one attached hydrogen (secondary N) is 1. The molecule has 0 atom stereocenters. The second-order valence-corrected chi connectivity index (χ2v) is 5.53. The molecule has 3 nitrogen and oxygen atoms in total. The van der Waals surface area contributed by atoms with Crippen molar-refractivity contribution >= 4 is 0 Å². The summed E-state index contributed by atoms with van der Waals surface area (Å²) in [7, 11) is 0. The zero-order chi connectivity index (χ0) is 10.7. The van der Waals surface area contributed by atoms with Crippen LogP contribution in [0.25, 0.3) is 0 Å². The van der Waals surface area contributed by atoms with Crippen LogP contribution in [0.2, 0.25) is 0 Å². The van der Waals surface area contributed by atoms with Crippen molar-refractivity contribution in [2.24, 2.45) is 5.92 Å². The molecule has 0 spiro atoms. The molecule has 0 radical (unpaired) electrons. The highest BCUT2D eigenvalue weighted by Gasteiger charge is 2.26. The predicted molar refractivity (Wildman–Crippen MR) is 62.1 cm³/mol. The molecule has 0 amide bonds. The summed E-state index contributed by atoms with van der Waals surface area (Å²) in [6.45, 7) is 10.9. The van der Waals surface area contributed by atoms with Gasteiger partial charge in [0.1, 0.15) is 0 Å². The Bertz CT molecular complexity index is 202. The van der Waals surface area contributed by atoms with E-state index in [9.17, 15) is 0 Å². The fraction of sp³-hybridized carbons (Fsp3) is 1.00. The summed E-state index contributed by atoms with van der Waals surface area (Å²) in [5, 5.41) is 3.54. The van der Waals surface area contributed by atoms with Crippen LogP contribution >= 0.6 is 0 Å².